The van der Waals surface area contributed by atoms with Crippen molar-refractivity contribution in [2.24, 2.45) is 5.16 Å². The molecule has 0 saturated carbocycles. The Morgan fingerprint density at radius 3 is 2.64 bits per heavy atom. The Morgan fingerprint density at radius 1 is 1.08 bits per heavy atom. The van der Waals surface area contributed by atoms with Gasteiger partial charge in [0.2, 0.25) is 0 Å². The summed E-state index contributed by atoms with van der Waals surface area (Å²) in [6.45, 7) is 0.593. The molecule has 0 radical (unpaired) electrons. The quantitative estimate of drug-likeness (QED) is 0.442. The average molecular weight is 396 g/mol. The lowest BCUT2D eigenvalue weighted by molar-refractivity contribution is 0.130. The van der Waals surface area contributed by atoms with E-state index in [9.17, 15) is 0 Å². The van der Waals surface area contributed by atoms with Crippen molar-refractivity contribution in [2.75, 3.05) is 0 Å². The van der Waals surface area contributed by atoms with Crippen LogP contribution in [0.25, 0.3) is 0 Å². The van der Waals surface area contributed by atoms with Crippen molar-refractivity contribution in [3.05, 3.63) is 81.3 Å². The van der Waals surface area contributed by atoms with Gasteiger partial charge in [0.15, 0.2) is 0 Å². The molecule has 1 heterocycles. The van der Waals surface area contributed by atoms with Crippen molar-refractivity contribution in [3.8, 4) is 0 Å². The fourth-order valence-corrected chi connectivity index (χ4v) is 2.86. The molecule has 0 amide bonds. The van der Waals surface area contributed by atoms with Crippen molar-refractivity contribution < 1.29 is 4.84 Å². The van der Waals surface area contributed by atoms with Crippen molar-refractivity contribution in [2.45, 2.75) is 13.2 Å². The van der Waals surface area contributed by atoms with E-state index in [2.05, 4.69) is 15.2 Å². The topological polar surface area (TPSA) is 52.3 Å². The normalized spacial score (nSPS) is 11.6. The molecule has 0 aliphatic carbocycles. The molecular formula is C17H13Cl3N4O. The Kier molecular flexibility index (Phi) is 5.91. The SMILES string of the molecule is Clc1ccc(C(Cn2cncn2)=NOCc2ccccc2Cl)c(Cl)c1. The first-order valence-electron chi connectivity index (χ1n) is 7.33. The zero-order chi connectivity index (χ0) is 17.6. The number of aromatic nitrogens is 3. The van der Waals surface area contributed by atoms with Crippen LogP contribution < -0.4 is 0 Å². The number of nitrogens with zero attached hydrogens (tertiary/aromatic N) is 4. The van der Waals surface area contributed by atoms with Crippen molar-refractivity contribution in [3.63, 3.8) is 0 Å². The predicted octanol–water partition coefficient (Wildman–Crippen LogP) is 4.86. The van der Waals surface area contributed by atoms with E-state index in [1.54, 1.807) is 35.3 Å². The Hall–Kier alpha value is -2.08. The second kappa shape index (κ2) is 8.34. The van der Waals surface area contributed by atoms with Gasteiger partial charge in [-0.3, -0.25) is 0 Å². The number of rotatable bonds is 6. The molecule has 0 saturated heterocycles. The van der Waals surface area contributed by atoms with E-state index in [1.165, 1.54) is 6.33 Å². The first-order chi connectivity index (χ1) is 12.1. The summed E-state index contributed by atoms with van der Waals surface area (Å²) in [7, 11) is 0. The lowest BCUT2D eigenvalue weighted by atomic mass is 10.1. The van der Waals surface area contributed by atoms with Gasteiger partial charge in [0.25, 0.3) is 0 Å². The molecule has 0 unspecified atom stereocenters. The molecule has 128 valence electrons. The summed E-state index contributed by atoms with van der Waals surface area (Å²) >= 11 is 18.4. The third-order valence-electron chi connectivity index (χ3n) is 3.37. The minimum Gasteiger partial charge on any atom is -0.391 e. The van der Waals surface area contributed by atoms with Crippen LogP contribution in [0.2, 0.25) is 15.1 Å². The monoisotopic (exact) mass is 394 g/mol. The second-order valence-electron chi connectivity index (χ2n) is 5.12. The van der Waals surface area contributed by atoms with Gasteiger partial charge in [0, 0.05) is 21.2 Å². The molecule has 2 aromatic carbocycles. The summed E-state index contributed by atoms with van der Waals surface area (Å²) < 4.78 is 1.63. The Balaban J connectivity index is 1.84. The maximum Gasteiger partial charge on any atom is 0.143 e. The number of benzene rings is 2. The molecule has 1 aromatic heterocycles. The lowest BCUT2D eigenvalue weighted by Gasteiger charge is -2.10. The van der Waals surface area contributed by atoms with Gasteiger partial charge in [-0.05, 0) is 24.3 Å². The molecule has 0 N–H and O–H groups in total. The highest BCUT2D eigenvalue weighted by Crippen LogP contribution is 2.23. The molecule has 0 fully saturated rings. The third kappa shape index (κ3) is 4.72. The molecule has 8 heteroatoms. The largest absolute Gasteiger partial charge is 0.391 e. The smallest absolute Gasteiger partial charge is 0.143 e. The second-order valence-corrected chi connectivity index (χ2v) is 6.37. The highest BCUT2D eigenvalue weighted by molar-refractivity contribution is 6.37. The molecule has 5 nitrogen and oxygen atoms in total. The van der Waals surface area contributed by atoms with E-state index in [0.29, 0.717) is 32.9 Å². The van der Waals surface area contributed by atoms with Crippen molar-refractivity contribution >= 4 is 40.5 Å². The van der Waals surface area contributed by atoms with E-state index < -0.39 is 0 Å². The zero-order valence-electron chi connectivity index (χ0n) is 12.9. The molecule has 3 aromatic rings. The Labute approximate surface area is 159 Å². The van der Waals surface area contributed by atoms with Crippen LogP contribution in [-0.4, -0.2) is 20.5 Å². The fourth-order valence-electron chi connectivity index (χ4n) is 2.15. The van der Waals surface area contributed by atoms with Gasteiger partial charge in [-0.2, -0.15) is 5.10 Å². The molecule has 0 bridgehead atoms. The minimum absolute atomic E-state index is 0.242. The highest BCUT2D eigenvalue weighted by atomic mass is 35.5. The predicted molar refractivity (Wildman–Crippen MR) is 99.3 cm³/mol. The van der Waals surface area contributed by atoms with Gasteiger partial charge < -0.3 is 4.84 Å². The van der Waals surface area contributed by atoms with Gasteiger partial charge in [0.1, 0.15) is 25.0 Å². The van der Waals surface area contributed by atoms with E-state index in [0.717, 1.165) is 5.56 Å². The first-order valence-corrected chi connectivity index (χ1v) is 8.47. The zero-order valence-corrected chi connectivity index (χ0v) is 15.2. The molecule has 25 heavy (non-hydrogen) atoms. The summed E-state index contributed by atoms with van der Waals surface area (Å²) in [4.78, 5) is 9.43. The van der Waals surface area contributed by atoms with E-state index in [4.69, 9.17) is 39.6 Å². The van der Waals surface area contributed by atoms with Crippen LogP contribution in [0.3, 0.4) is 0 Å². The number of hydrogen-bond donors (Lipinski definition) is 0. The van der Waals surface area contributed by atoms with E-state index in [-0.39, 0.29) is 6.61 Å². The Morgan fingerprint density at radius 2 is 1.92 bits per heavy atom. The molecule has 0 aliphatic rings. The van der Waals surface area contributed by atoms with Crippen molar-refractivity contribution in [1.29, 1.82) is 0 Å². The maximum atomic E-state index is 6.30. The Bertz CT molecular complexity index is 881. The van der Waals surface area contributed by atoms with Gasteiger partial charge in [0.05, 0.1) is 11.6 Å². The molecular weight excluding hydrogens is 383 g/mol. The number of halogens is 3. The van der Waals surface area contributed by atoms with Gasteiger partial charge >= 0.3 is 0 Å². The van der Waals surface area contributed by atoms with Crippen LogP contribution in [0.4, 0.5) is 0 Å². The summed E-state index contributed by atoms with van der Waals surface area (Å²) in [6.07, 6.45) is 3.04. The van der Waals surface area contributed by atoms with Gasteiger partial charge in [-0.25, -0.2) is 9.67 Å². The van der Waals surface area contributed by atoms with Crippen LogP contribution in [0.15, 0.2) is 60.3 Å². The van der Waals surface area contributed by atoms with Gasteiger partial charge in [-0.1, -0.05) is 58.2 Å². The highest BCUT2D eigenvalue weighted by Gasteiger charge is 2.12. The summed E-state index contributed by atoms with van der Waals surface area (Å²) in [6, 6.07) is 12.6. The summed E-state index contributed by atoms with van der Waals surface area (Å²) in [5.74, 6) is 0. The van der Waals surface area contributed by atoms with Crippen LogP contribution >= 0.6 is 34.8 Å². The molecule has 3 rings (SSSR count). The first kappa shape index (κ1) is 17.7. The number of oxime groups is 1. The maximum absolute atomic E-state index is 6.30. The van der Waals surface area contributed by atoms with Crippen LogP contribution in [0, 0.1) is 0 Å². The van der Waals surface area contributed by atoms with Crippen LogP contribution in [-0.2, 0) is 18.0 Å². The molecule has 0 spiro atoms. The molecule has 0 aliphatic heterocycles. The fraction of sp³-hybridized carbons (Fsp3) is 0.118. The van der Waals surface area contributed by atoms with Crippen molar-refractivity contribution in [1.82, 2.24) is 14.8 Å². The molecule has 0 atom stereocenters. The summed E-state index contributed by atoms with van der Waals surface area (Å²) in [5, 5.41) is 9.98. The standard InChI is InChI=1S/C17H13Cl3N4O/c18-13-5-6-14(16(20)7-13)17(8-24-11-21-10-22-24)23-25-9-12-3-1-2-4-15(12)19/h1-7,10-11H,8-9H2. The lowest BCUT2D eigenvalue weighted by Crippen LogP contribution is -2.13. The van der Waals surface area contributed by atoms with Crippen LogP contribution in [0.5, 0.6) is 0 Å². The summed E-state index contributed by atoms with van der Waals surface area (Å²) in [5.41, 5.74) is 2.15. The van der Waals surface area contributed by atoms with Crippen LogP contribution in [0.1, 0.15) is 11.1 Å². The van der Waals surface area contributed by atoms with E-state index >= 15 is 0 Å². The van der Waals surface area contributed by atoms with E-state index in [1.807, 2.05) is 18.2 Å². The third-order valence-corrected chi connectivity index (χ3v) is 4.29. The van der Waals surface area contributed by atoms with Gasteiger partial charge in [-0.15, -0.1) is 0 Å². The average Bonchev–Trinajstić information content (AvgIpc) is 3.09. The number of hydrogen-bond acceptors (Lipinski definition) is 4. The minimum atomic E-state index is 0.242.